The van der Waals surface area contributed by atoms with Gasteiger partial charge in [-0.05, 0) is 40.6 Å². The van der Waals surface area contributed by atoms with E-state index in [1.54, 1.807) is 20.3 Å². The fourth-order valence-electron chi connectivity index (χ4n) is 3.42. The van der Waals surface area contributed by atoms with E-state index >= 15 is 0 Å². The van der Waals surface area contributed by atoms with Gasteiger partial charge in [0.05, 0.1) is 20.3 Å². The predicted molar refractivity (Wildman–Crippen MR) is 117 cm³/mol. The molecule has 30 heavy (non-hydrogen) atoms. The fourth-order valence-corrected chi connectivity index (χ4v) is 3.42. The molecule has 0 aromatic heterocycles. The summed E-state index contributed by atoms with van der Waals surface area (Å²) in [7, 11) is 3.26. The number of carbonyl (C=O) groups excluding carboxylic acids is 2. The minimum atomic E-state index is -0.0133. The van der Waals surface area contributed by atoms with Crippen molar-refractivity contribution >= 4 is 28.7 Å². The van der Waals surface area contributed by atoms with Crippen LogP contribution in [-0.4, -0.2) is 81.7 Å². The molecule has 3 rings (SSSR count). The molecule has 1 aliphatic heterocycles. The Kier molecular flexibility index (Phi) is 7.82. The summed E-state index contributed by atoms with van der Waals surface area (Å²) in [6.45, 7) is 3.98. The molecule has 1 N–H and O–H groups in total. The summed E-state index contributed by atoms with van der Waals surface area (Å²) in [6, 6.07) is 12.0. The molecule has 1 fully saturated rings. The van der Waals surface area contributed by atoms with Gasteiger partial charge in [-0.2, -0.15) is 0 Å². The van der Waals surface area contributed by atoms with Gasteiger partial charge >= 0.3 is 0 Å². The van der Waals surface area contributed by atoms with Crippen LogP contribution < -0.4 is 10.1 Å². The number of benzene rings is 2. The molecule has 160 valence electrons. The van der Waals surface area contributed by atoms with Crippen LogP contribution in [0.4, 0.5) is 0 Å². The van der Waals surface area contributed by atoms with Crippen LogP contribution in [0.5, 0.6) is 5.75 Å². The van der Waals surface area contributed by atoms with Gasteiger partial charge in [-0.15, -0.1) is 0 Å². The highest BCUT2D eigenvalue weighted by molar-refractivity contribution is 5.93. The van der Waals surface area contributed by atoms with E-state index in [2.05, 4.69) is 16.3 Å². The number of hydrogen-bond acceptors (Lipinski definition) is 5. The zero-order valence-electron chi connectivity index (χ0n) is 17.6. The number of methoxy groups -OCH3 is 2. The summed E-state index contributed by atoms with van der Waals surface area (Å²) in [5, 5.41) is 5.02. The Morgan fingerprint density at radius 3 is 2.50 bits per heavy atom. The number of rotatable bonds is 8. The average Bonchev–Trinajstić information content (AvgIpc) is 2.77. The lowest BCUT2D eigenvalue weighted by Gasteiger charge is -2.33. The molecule has 1 heterocycles. The summed E-state index contributed by atoms with van der Waals surface area (Å²) in [4.78, 5) is 28.3. The van der Waals surface area contributed by atoms with Crippen molar-refractivity contribution in [3.05, 3.63) is 48.0 Å². The molecular formula is C23H29N3O4. The van der Waals surface area contributed by atoms with Crippen LogP contribution in [-0.2, 0) is 14.3 Å². The molecule has 1 aliphatic rings. The zero-order valence-corrected chi connectivity index (χ0v) is 17.6. The minimum Gasteiger partial charge on any atom is -0.497 e. The zero-order chi connectivity index (χ0) is 21.3. The number of hydrogen-bond donors (Lipinski definition) is 1. The lowest BCUT2D eigenvalue weighted by atomic mass is 10.1. The highest BCUT2D eigenvalue weighted by Crippen LogP contribution is 2.22. The molecule has 2 amide bonds. The number of nitrogens with zero attached hydrogens (tertiary/aromatic N) is 2. The average molecular weight is 412 g/mol. The number of carbonyl (C=O) groups is 2. The van der Waals surface area contributed by atoms with Gasteiger partial charge in [0.2, 0.25) is 11.8 Å². The summed E-state index contributed by atoms with van der Waals surface area (Å²) in [5.74, 6) is 0.808. The van der Waals surface area contributed by atoms with Crippen LogP contribution >= 0.6 is 0 Å². The van der Waals surface area contributed by atoms with E-state index in [9.17, 15) is 9.59 Å². The Labute approximate surface area is 177 Å². The van der Waals surface area contributed by atoms with Crippen LogP contribution in [0.1, 0.15) is 5.56 Å². The molecular weight excluding hydrogens is 382 g/mol. The molecule has 0 radical (unpaired) electrons. The first kappa shape index (κ1) is 21.8. The van der Waals surface area contributed by atoms with E-state index in [-0.39, 0.29) is 11.8 Å². The lowest BCUT2D eigenvalue weighted by Crippen LogP contribution is -2.51. The SMILES string of the molecule is COCCNC(=O)CN1CCN(C(=O)/C=C/c2ccc3cc(OC)ccc3c2)CC1. The van der Waals surface area contributed by atoms with Gasteiger partial charge in [-0.1, -0.05) is 18.2 Å². The highest BCUT2D eigenvalue weighted by atomic mass is 16.5. The maximum Gasteiger partial charge on any atom is 0.246 e. The molecule has 0 saturated carbocycles. The number of amides is 2. The van der Waals surface area contributed by atoms with Crippen molar-refractivity contribution in [2.45, 2.75) is 0 Å². The molecule has 2 aromatic carbocycles. The van der Waals surface area contributed by atoms with Crippen molar-refractivity contribution in [1.29, 1.82) is 0 Å². The first-order valence-corrected chi connectivity index (χ1v) is 10.1. The van der Waals surface area contributed by atoms with Crippen molar-refractivity contribution in [2.75, 3.05) is 60.1 Å². The first-order valence-electron chi connectivity index (χ1n) is 10.1. The van der Waals surface area contributed by atoms with Crippen LogP contribution in [0.3, 0.4) is 0 Å². The van der Waals surface area contributed by atoms with Gasteiger partial charge in [0.15, 0.2) is 0 Å². The monoisotopic (exact) mass is 411 g/mol. The molecule has 0 atom stereocenters. The number of piperazine rings is 1. The Balaban J connectivity index is 1.49. The van der Waals surface area contributed by atoms with E-state index in [1.165, 1.54) is 0 Å². The van der Waals surface area contributed by atoms with Crippen molar-refractivity contribution in [3.8, 4) is 5.75 Å². The number of ether oxygens (including phenoxy) is 2. The quantitative estimate of drug-likeness (QED) is 0.530. The van der Waals surface area contributed by atoms with E-state index in [1.807, 2.05) is 41.3 Å². The molecule has 0 bridgehead atoms. The van der Waals surface area contributed by atoms with E-state index < -0.39 is 0 Å². The third-order valence-electron chi connectivity index (χ3n) is 5.17. The van der Waals surface area contributed by atoms with Crippen LogP contribution in [0.25, 0.3) is 16.8 Å². The summed E-state index contributed by atoms with van der Waals surface area (Å²) >= 11 is 0. The second-order valence-electron chi connectivity index (χ2n) is 7.25. The largest absolute Gasteiger partial charge is 0.497 e. The van der Waals surface area contributed by atoms with E-state index in [0.717, 1.165) is 22.1 Å². The van der Waals surface area contributed by atoms with Gasteiger partial charge < -0.3 is 19.7 Å². The normalized spacial score (nSPS) is 14.9. The standard InChI is InChI=1S/C23H29N3O4/c1-29-14-9-24-22(27)17-25-10-12-26(13-11-25)23(28)8-4-18-3-5-20-16-21(30-2)7-6-19(20)15-18/h3-8,15-16H,9-14,17H2,1-2H3,(H,24,27)/b8-4+. The molecule has 7 nitrogen and oxygen atoms in total. The Morgan fingerprint density at radius 2 is 1.77 bits per heavy atom. The Morgan fingerprint density at radius 1 is 1.03 bits per heavy atom. The van der Waals surface area contributed by atoms with Crippen LogP contribution in [0, 0.1) is 0 Å². The number of nitrogens with one attached hydrogen (secondary N) is 1. The highest BCUT2D eigenvalue weighted by Gasteiger charge is 2.21. The van der Waals surface area contributed by atoms with Gasteiger partial charge in [-0.25, -0.2) is 0 Å². The third-order valence-corrected chi connectivity index (χ3v) is 5.17. The second kappa shape index (κ2) is 10.8. The van der Waals surface area contributed by atoms with Crippen molar-refractivity contribution in [3.63, 3.8) is 0 Å². The van der Waals surface area contributed by atoms with Crippen LogP contribution in [0.2, 0.25) is 0 Å². The summed E-state index contributed by atoms with van der Waals surface area (Å²) < 4.78 is 10.2. The molecule has 7 heteroatoms. The maximum atomic E-state index is 12.5. The van der Waals surface area contributed by atoms with Gasteiger partial charge in [0.25, 0.3) is 0 Å². The Hall–Kier alpha value is -2.90. The van der Waals surface area contributed by atoms with E-state index in [4.69, 9.17) is 9.47 Å². The fraction of sp³-hybridized carbons (Fsp3) is 0.391. The molecule has 2 aromatic rings. The smallest absolute Gasteiger partial charge is 0.246 e. The van der Waals surface area contributed by atoms with E-state index in [0.29, 0.717) is 45.9 Å². The molecule has 0 unspecified atom stereocenters. The lowest BCUT2D eigenvalue weighted by molar-refractivity contribution is -0.128. The van der Waals surface area contributed by atoms with Crippen LogP contribution in [0.15, 0.2) is 42.5 Å². The maximum absolute atomic E-state index is 12.5. The topological polar surface area (TPSA) is 71.1 Å². The summed E-state index contributed by atoms with van der Waals surface area (Å²) in [5.41, 5.74) is 0.979. The first-order chi connectivity index (χ1) is 14.6. The van der Waals surface area contributed by atoms with Crippen molar-refractivity contribution in [1.82, 2.24) is 15.1 Å². The van der Waals surface area contributed by atoms with Crippen molar-refractivity contribution < 1.29 is 19.1 Å². The summed E-state index contributed by atoms with van der Waals surface area (Å²) in [6.07, 6.45) is 3.47. The minimum absolute atomic E-state index is 0.00553. The Bertz CT molecular complexity index is 904. The molecule has 1 saturated heterocycles. The predicted octanol–water partition coefficient (Wildman–Crippen LogP) is 1.77. The van der Waals surface area contributed by atoms with Gasteiger partial charge in [-0.3, -0.25) is 14.5 Å². The number of fused-ring (bicyclic) bond motifs is 1. The van der Waals surface area contributed by atoms with Crippen molar-refractivity contribution in [2.24, 2.45) is 0 Å². The molecule has 0 spiro atoms. The molecule has 0 aliphatic carbocycles. The van der Waals surface area contributed by atoms with Gasteiger partial charge in [0.1, 0.15) is 5.75 Å². The van der Waals surface area contributed by atoms with Gasteiger partial charge in [0, 0.05) is 45.9 Å². The third kappa shape index (κ3) is 6.05. The second-order valence-corrected chi connectivity index (χ2v) is 7.25.